The number of ether oxygens (including phenoxy) is 1. The van der Waals surface area contributed by atoms with E-state index in [9.17, 15) is 9.59 Å². The van der Waals surface area contributed by atoms with E-state index in [-0.39, 0.29) is 12.3 Å². The van der Waals surface area contributed by atoms with Gasteiger partial charge in [0.25, 0.3) is 0 Å². The number of hydrogen-bond donors (Lipinski definition) is 0. The summed E-state index contributed by atoms with van der Waals surface area (Å²) in [5.41, 5.74) is 0.342. The maximum absolute atomic E-state index is 11.2. The highest BCUT2D eigenvalue weighted by molar-refractivity contribution is 5.87. The van der Waals surface area contributed by atoms with Crippen molar-refractivity contribution in [3.8, 4) is 0 Å². The van der Waals surface area contributed by atoms with Gasteiger partial charge in [0.2, 0.25) is 5.91 Å². The summed E-state index contributed by atoms with van der Waals surface area (Å²) in [5.74, 6) is -0.518. The fraction of sp³-hybridized carbons (Fsp3) is 0.600. The van der Waals surface area contributed by atoms with Gasteiger partial charge < -0.3 is 9.64 Å². The van der Waals surface area contributed by atoms with Gasteiger partial charge >= 0.3 is 5.97 Å². The van der Waals surface area contributed by atoms with Crippen molar-refractivity contribution in [2.75, 3.05) is 14.1 Å². The minimum absolute atomic E-state index is 0.0629. The summed E-state index contributed by atoms with van der Waals surface area (Å²) >= 11 is 0. The van der Waals surface area contributed by atoms with Crippen LogP contribution in [0.1, 0.15) is 20.3 Å². The van der Waals surface area contributed by atoms with E-state index >= 15 is 0 Å². The van der Waals surface area contributed by atoms with E-state index in [2.05, 4.69) is 6.58 Å². The van der Waals surface area contributed by atoms with E-state index in [0.29, 0.717) is 5.57 Å². The Morgan fingerprint density at radius 3 is 2.29 bits per heavy atom. The lowest BCUT2D eigenvalue weighted by Gasteiger charge is -2.15. The van der Waals surface area contributed by atoms with Crippen LogP contribution in [0.15, 0.2) is 12.2 Å². The van der Waals surface area contributed by atoms with Crippen molar-refractivity contribution in [3.63, 3.8) is 0 Å². The average Bonchev–Trinajstić information content (AvgIpc) is 2.03. The van der Waals surface area contributed by atoms with Gasteiger partial charge in [0, 0.05) is 19.7 Å². The van der Waals surface area contributed by atoms with Crippen LogP contribution in [-0.4, -0.2) is 37.0 Å². The van der Waals surface area contributed by atoms with Gasteiger partial charge in [-0.15, -0.1) is 0 Å². The Bertz CT molecular complexity index is 246. The molecular formula is C10H17NO3. The number of hydrogen-bond acceptors (Lipinski definition) is 3. The lowest BCUT2D eigenvalue weighted by molar-refractivity contribution is -0.145. The first kappa shape index (κ1) is 12.7. The van der Waals surface area contributed by atoms with Crippen molar-refractivity contribution in [2.24, 2.45) is 0 Å². The molecule has 0 aliphatic carbocycles. The summed E-state index contributed by atoms with van der Waals surface area (Å²) in [6.45, 7) is 6.71. The molecule has 0 saturated heterocycles. The SMILES string of the molecule is C=C(C)C(=O)OC(C)CC(=O)N(C)C. The predicted molar refractivity (Wildman–Crippen MR) is 53.7 cm³/mol. The second-order valence-electron chi connectivity index (χ2n) is 3.49. The topological polar surface area (TPSA) is 46.6 Å². The zero-order valence-electron chi connectivity index (χ0n) is 9.16. The molecule has 0 aromatic rings. The first-order chi connectivity index (χ1) is 6.34. The van der Waals surface area contributed by atoms with Crippen LogP contribution in [0.2, 0.25) is 0 Å². The molecule has 0 heterocycles. The van der Waals surface area contributed by atoms with Crippen LogP contribution < -0.4 is 0 Å². The molecule has 0 aromatic heterocycles. The van der Waals surface area contributed by atoms with Gasteiger partial charge in [0.1, 0.15) is 6.10 Å². The van der Waals surface area contributed by atoms with Crippen molar-refractivity contribution in [1.29, 1.82) is 0 Å². The van der Waals surface area contributed by atoms with Crippen LogP contribution in [0, 0.1) is 0 Å². The van der Waals surface area contributed by atoms with Crippen LogP contribution in [0.3, 0.4) is 0 Å². The number of carbonyl (C=O) groups excluding carboxylic acids is 2. The maximum Gasteiger partial charge on any atom is 0.333 e. The molecule has 0 fully saturated rings. The summed E-state index contributed by atoms with van der Waals surface area (Å²) in [6.07, 6.45) is -0.208. The smallest absolute Gasteiger partial charge is 0.333 e. The van der Waals surface area contributed by atoms with Crippen molar-refractivity contribution in [1.82, 2.24) is 4.90 Å². The zero-order valence-corrected chi connectivity index (χ0v) is 9.16. The summed E-state index contributed by atoms with van der Waals surface area (Å²) < 4.78 is 4.95. The molecule has 4 heteroatoms. The molecule has 1 amide bonds. The van der Waals surface area contributed by atoms with E-state index in [0.717, 1.165) is 0 Å². The number of amides is 1. The Morgan fingerprint density at radius 2 is 1.93 bits per heavy atom. The molecule has 0 bridgehead atoms. The fourth-order valence-corrected chi connectivity index (χ4v) is 0.753. The van der Waals surface area contributed by atoms with Crippen molar-refractivity contribution >= 4 is 11.9 Å². The van der Waals surface area contributed by atoms with E-state index in [1.54, 1.807) is 27.9 Å². The molecule has 1 atom stereocenters. The number of nitrogens with zero attached hydrogens (tertiary/aromatic N) is 1. The monoisotopic (exact) mass is 199 g/mol. The number of esters is 1. The first-order valence-corrected chi connectivity index (χ1v) is 4.41. The number of carbonyl (C=O) groups is 2. The van der Waals surface area contributed by atoms with Gasteiger partial charge in [0.15, 0.2) is 0 Å². The molecule has 0 spiro atoms. The van der Waals surface area contributed by atoms with Crippen molar-refractivity contribution in [3.05, 3.63) is 12.2 Å². The molecule has 0 aliphatic rings. The van der Waals surface area contributed by atoms with Crippen LogP contribution in [0.25, 0.3) is 0 Å². The molecule has 0 saturated carbocycles. The fourth-order valence-electron chi connectivity index (χ4n) is 0.753. The highest BCUT2D eigenvalue weighted by Crippen LogP contribution is 2.03. The Labute approximate surface area is 84.5 Å². The third-order valence-corrected chi connectivity index (χ3v) is 1.62. The minimum atomic E-state index is -0.455. The highest BCUT2D eigenvalue weighted by atomic mass is 16.5. The van der Waals surface area contributed by atoms with E-state index < -0.39 is 12.1 Å². The molecule has 4 nitrogen and oxygen atoms in total. The Hall–Kier alpha value is -1.32. The first-order valence-electron chi connectivity index (χ1n) is 4.41. The highest BCUT2D eigenvalue weighted by Gasteiger charge is 2.14. The number of rotatable bonds is 4. The molecule has 0 radical (unpaired) electrons. The molecule has 0 rings (SSSR count). The minimum Gasteiger partial charge on any atom is -0.459 e. The molecule has 0 aromatic carbocycles. The Morgan fingerprint density at radius 1 is 1.43 bits per heavy atom. The quantitative estimate of drug-likeness (QED) is 0.500. The summed E-state index contributed by atoms with van der Waals surface area (Å²) in [4.78, 5) is 23.7. The molecular weight excluding hydrogens is 182 g/mol. The molecule has 1 unspecified atom stereocenters. The van der Waals surface area contributed by atoms with Crippen molar-refractivity contribution in [2.45, 2.75) is 26.4 Å². The van der Waals surface area contributed by atoms with Crippen molar-refractivity contribution < 1.29 is 14.3 Å². The van der Waals surface area contributed by atoms with Crippen LogP contribution >= 0.6 is 0 Å². The van der Waals surface area contributed by atoms with Gasteiger partial charge in [-0.05, 0) is 13.8 Å². The molecule has 14 heavy (non-hydrogen) atoms. The maximum atomic E-state index is 11.2. The standard InChI is InChI=1S/C10H17NO3/c1-7(2)10(13)14-8(3)6-9(12)11(4)5/h8H,1,6H2,2-5H3. The molecule has 80 valence electrons. The summed E-state index contributed by atoms with van der Waals surface area (Å²) in [5, 5.41) is 0. The second-order valence-corrected chi connectivity index (χ2v) is 3.49. The Balaban J connectivity index is 3.99. The van der Waals surface area contributed by atoms with E-state index in [1.165, 1.54) is 4.90 Å². The van der Waals surface area contributed by atoms with E-state index in [1.807, 2.05) is 0 Å². The van der Waals surface area contributed by atoms with Gasteiger partial charge in [-0.3, -0.25) is 4.79 Å². The van der Waals surface area contributed by atoms with Gasteiger partial charge in [-0.25, -0.2) is 4.79 Å². The molecule has 0 N–H and O–H groups in total. The van der Waals surface area contributed by atoms with Crippen LogP contribution in [-0.2, 0) is 14.3 Å². The second kappa shape index (κ2) is 5.42. The predicted octanol–water partition coefficient (Wildman–Crippen LogP) is 0.972. The molecule has 0 aliphatic heterocycles. The summed E-state index contributed by atoms with van der Waals surface area (Å²) in [7, 11) is 3.32. The third-order valence-electron chi connectivity index (χ3n) is 1.62. The third kappa shape index (κ3) is 4.64. The zero-order chi connectivity index (χ0) is 11.3. The van der Waals surface area contributed by atoms with Gasteiger partial charge in [0.05, 0.1) is 6.42 Å². The van der Waals surface area contributed by atoms with E-state index in [4.69, 9.17) is 4.74 Å². The largest absolute Gasteiger partial charge is 0.459 e. The lowest BCUT2D eigenvalue weighted by atomic mass is 10.2. The summed E-state index contributed by atoms with van der Waals surface area (Å²) in [6, 6.07) is 0. The van der Waals surface area contributed by atoms with Crippen LogP contribution in [0.4, 0.5) is 0 Å². The van der Waals surface area contributed by atoms with Gasteiger partial charge in [-0.1, -0.05) is 6.58 Å². The lowest BCUT2D eigenvalue weighted by Crippen LogP contribution is -2.27. The van der Waals surface area contributed by atoms with Crippen LogP contribution in [0.5, 0.6) is 0 Å². The van der Waals surface area contributed by atoms with Gasteiger partial charge in [-0.2, -0.15) is 0 Å². The average molecular weight is 199 g/mol. The normalized spacial score (nSPS) is 11.7. The Kier molecular flexibility index (Phi) is 4.91.